The normalized spacial score (nSPS) is 23.6. The molecule has 1 atom stereocenters. The molecule has 102 valence electrons. The fourth-order valence-electron chi connectivity index (χ4n) is 3.21. The molecule has 1 saturated heterocycles. The number of nitrogens with one attached hydrogen (secondary N) is 1. The fraction of sp³-hybridized carbons (Fsp3) is 0.600. The summed E-state index contributed by atoms with van der Waals surface area (Å²) in [5, 5.41) is 3.68. The number of hydrogen-bond donors (Lipinski definition) is 1. The van der Waals surface area contributed by atoms with Gasteiger partial charge < -0.3 is 9.88 Å². The standard InChI is InChI=1S/C15H22N4/c1-4-15(8-6-10-17-15)14-18-12-7-5-9-16-13(12)19(14)11(2)3/h5,7,9,11,17H,4,6,8,10H2,1-3H3. The van der Waals surface area contributed by atoms with Crippen LogP contribution in [0.15, 0.2) is 18.3 Å². The van der Waals surface area contributed by atoms with Gasteiger partial charge in [-0.05, 0) is 51.8 Å². The number of hydrogen-bond acceptors (Lipinski definition) is 3. The number of pyridine rings is 1. The van der Waals surface area contributed by atoms with Gasteiger partial charge in [0.25, 0.3) is 0 Å². The van der Waals surface area contributed by atoms with Gasteiger partial charge in [0.05, 0.1) is 5.54 Å². The SMILES string of the molecule is CCC1(c2nc3cccnc3n2C(C)C)CCCN1. The van der Waals surface area contributed by atoms with Crippen molar-refractivity contribution < 1.29 is 0 Å². The van der Waals surface area contributed by atoms with Crippen molar-refractivity contribution in [2.75, 3.05) is 6.54 Å². The lowest BCUT2D eigenvalue weighted by Gasteiger charge is -2.29. The zero-order valence-corrected chi connectivity index (χ0v) is 12.0. The molecule has 0 aliphatic carbocycles. The van der Waals surface area contributed by atoms with Crippen LogP contribution in [0.2, 0.25) is 0 Å². The average Bonchev–Trinajstić information content (AvgIpc) is 3.03. The molecule has 2 aromatic heterocycles. The first-order chi connectivity index (χ1) is 9.18. The molecule has 0 saturated carbocycles. The van der Waals surface area contributed by atoms with Gasteiger partial charge in [-0.25, -0.2) is 9.97 Å². The van der Waals surface area contributed by atoms with Crippen LogP contribution >= 0.6 is 0 Å². The maximum atomic E-state index is 4.90. The molecule has 0 bridgehead atoms. The molecular weight excluding hydrogens is 236 g/mol. The first kappa shape index (κ1) is 12.6. The smallest absolute Gasteiger partial charge is 0.160 e. The molecule has 1 N–H and O–H groups in total. The van der Waals surface area contributed by atoms with E-state index >= 15 is 0 Å². The van der Waals surface area contributed by atoms with Gasteiger partial charge in [0.15, 0.2) is 5.65 Å². The van der Waals surface area contributed by atoms with Crippen LogP contribution in [0.5, 0.6) is 0 Å². The number of rotatable bonds is 3. The summed E-state index contributed by atoms with van der Waals surface area (Å²) in [6.07, 6.45) is 5.32. The molecule has 3 heterocycles. The summed E-state index contributed by atoms with van der Waals surface area (Å²) < 4.78 is 2.30. The van der Waals surface area contributed by atoms with Gasteiger partial charge in [-0.3, -0.25) is 0 Å². The summed E-state index contributed by atoms with van der Waals surface area (Å²) in [6, 6.07) is 4.40. The van der Waals surface area contributed by atoms with E-state index in [1.165, 1.54) is 12.8 Å². The van der Waals surface area contributed by atoms with E-state index in [1.54, 1.807) is 0 Å². The second-order valence-electron chi connectivity index (χ2n) is 5.71. The van der Waals surface area contributed by atoms with Crippen LogP contribution in [-0.4, -0.2) is 21.1 Å². The highest BCUT2D eigenvalue weighted by atomic mass is 15.2. The lowest BCUT2D eigenvalue weighted by molar-refractivity contribution is 0.332. The van der Waals surface area contributed by atoms with Crippen molar-refractivity contribution in [2.24, 2.45) is 0 Å². The number of fused-ring (bicyclic) bond motifs is 1. The Morgan fingerprint density at radius 2 is 2.32 bits per heavy atom. The van der Waals surface area contributed by atoms with Crippen LogP contribution in [0.3, 0.4) is 0 Å². The molecule has 0 aromatic carbocycles. The molecule has 19 heavy (non-hydrogen) atoms. The zero-order valence-electron chi connectivity index (χ0n) is 12.0. The molecule has 1 unspecified atom stereocenters. The van der Waals surface area contributed by atoms with Crippen LogP contribution in [0.25, 0.3) is 11.2 Å². The highest BCUT2D eigenvalue weighted by Gasteiger charge is 2.38. The number of nitrogens with zero attached hydrogens (tertiary/aromatic N) is 3. The largest absolute Gasteiger partial charge is 0.309 e. The third-order valence-corrected chi connectivity index (χ3v) is 4.24. The Labute approximate surface area is 114 Å². The Kier molecular flexibility index (Phi) is 3.05. The molecule has 3 rings (SSSR count). The molecule has 0 spiro atoms. The predicted molar refractivity (Wildman–Crippen MR) is 77.1 cm³/mol. The van der Waals surface area contributed by atoms with Crippen molar-refractivity contribution >= 4 is 11.2 Å². The summed E-state index contributed by atoms with van der Waals surface area (Å²) in [7, 11) is 0. The number of aromatic nitrogens is 3. The van der Waals surface area contributed by atoms with Gasteiger partial charge in [0.2, 0.25) is 0 Å². The van der Waals surface area contributed by atoms with E-state index in [0.29, 0.717) is 6.04 Å². The Morgan fingerprint density at radius 1 is 1.47 bits per heavy atom. The number of imidazole rings is 1. The molecular formula is C15H22N4. The van der Waals surface area contributed by atoms with Crippen LogP contribution in [-0.2, 0) is 5.54 Å². The van der Waals surface area contributed by atoms with E-state index in [2.05, 4.69) is 41.7 Å². The quantitative estimate of drug-likeness (QED) is 0.920. The van der Waals surface area contributed by atoms with Crippen LogP contribution < -0.4 is 5.32 Å². The Balaban J connectivity index is 2.25. The Bertz CT molecular complexity index is 579. The minimum absolute atomic E-state index is 0.0327. The summed E-state index contributed by atoms with van der Waals surface area (Å²) in [6.45, 7) is 7.74. The monoisotopic (exact) mass is 258 g/mol. The second-order valence-corrected chi connectivity index (χ2v) is 5.71. The zero-order chi connectivity index (χ0) is 13.5. The topological polar surface area (TPSA) is 42.7 Å². The van der Waals surface area contributed by atoms with Crippen molar-refractivity contribution in [3.8, 4) is 0 Å². The van der Waals surface area contributed by atoms with Crippen LogP contribution in [0, 0.1) is 0 Å². The van der Waals surface area contributed by atoms with Crippen molar-refractivity contribution in [1.29, 1.82) is 0 Å². The molecule has 2 aromatic rings. The second kappa shape index (κ2) is 4.60. The lowest BCUT2D eigenvalue weighted by atomic mass is 9.93. The van der Waals surface area contributed by atoms with E-state index < -0.39 is 0 Å². The summed E-state index contributed by atoms with van der Waals surface area (Å²) in [5.41, 5.74) is 2.05. The molecule has 4 nitrogen and oxygen atoms in total. The first-order valence-corrected chi connectivity index (χ1v) is 7.26. The Morgan fingerprint density at radius 3 is 2.95 bits per heavy atom. The van der Waals surface area contributed by atoms with Gasteiger partial charge in [-0.2, -0.15) is 0 Å². The van der Waals surface area contributed by atoms with Gasteiger partial charge in [0, 0.05) is 12.2 Å². The third-order valence-electron chi connectivity index (χ3n) is 4.24. The minimum atomic E-state index is 0.0327. The van der Waals surface area contributed by atoms with E-state index in [0.717, 1.165) is 30.0 Å². The van der Waals surface area contributed by atoms with Crippen molar-refractivity contribution in [3.63, 3.8) is 0 Å². The van der Waals surface area contributed by atoms with Crippen LogP contribution in [0.1, 0.15) is 51.9 Å². The molecule has 4 heteroatoms. The van der Waals surface area contributed by atoms with Gasteiger partial charge in [0.1, 0.15) is 11.3 Å². The Hall–Kier alpha value is -1.42. The van der Waals surface area contributed by atoms with E-state index in [9.17, 15) is 0 Å². The van der Waals surface area contributed by atoms with E-state index in [-0.39, 0.29) is 5.54 Å². The van der Waals surface area contributed by atoms with E-state index in [4.69, 9.17) is 4.98 Å². The first-order valence-electron chi connectivity index (χ1n) is 7.26. The molecule has 1 aliphatic rings. The molecule has 1 fully saturated rings. The summed E-state index contributed by atoms with van der Waals surface area (Å²) in [4.78, 5) is 9.43. The fourth-order valence-corrected chi connectivity index (χ4v) is 3.21. The summed E-state index contributed by atoms with van der Waals surface area (Å²) in [5.74, 6) is 1.16. The van der Waals surface area contributed by atoms with Crippen molar-refractivity contribution in [2.45, 2.75) is 51.6 Å². The summed E-state index contributed by atoms with van der Waals surface area (Å²) >= 11 is 0. The maximum Gasteiger partial charge on any atom is 0.160 e. The highest BCUT2D eigenvalue weighted by Crippen LogP contribution is 2.36. The van der Waals surface area contributed by atoms with Crippen molar-refractivity contribution in [3.05, 3.63) is 24.2 Å². The average molecular weight is 258 g/mol. The van der Waals surface area contributed by atoms with Gasteiger partial charge >= 0.3 is 0 Å². The molecule has 0 radical (unpaired) electrons. The van der Waals surface area contributed by atoms with Crippen molar-refractivity contribution in [1.82, 2.24) is 19.9 Å². The maximum absolute atomic E-state index is 4.90. The predicted octanol–water partition coefficient (Wildman–Crippen LogP) is 3.00. The minimum Gasteiger partial charge on any atom is -0.309 e. The van der Waals surface area contributed by atoms with Gasteiger partial charge in [-0.15, -0.1) is 0 Å². The lowest BCUT2D eigenvalue weighted by Crippen LogP contribution is -2.39. The third kappa shape index (κ3) is 1.86. The van der Waals surface area contributed by atoms with Crippen LogP contribution in [0.4, 0.5) is 0 Å². The van der Waals surface area contributed by atoms with Gasteiger partial charge in [-0.1, -0.05) is 6.92 Å². The molecule has 0 amide bonds. The molecule has 1 aliphatic heterocycles. The van der Waals surface area contributed by atoms with E-state index in [1.807, 2.05) is 12.3 Å². The highest BCUT2D eigenvalue weighted by molar-refractivity contribution is 5.71.